The summed E-state index contributed by atoms with van der Waals surface area (Å²) in [7, 11) is 0. The molecule has 1 aromatic rings. The molecule has 4 heteroatoms. The van der Waals surface area contributed by atoms with Gasteiger partial charge in [-0.05, 0) is 37.9 Å². The van der Waals surface area contributed by atoms with Gasteiger partial charge in [-0.25, -0.2) is 9.97 Å². The first-order valence-electron chi connectivity index (χ1n) is 6.10. The highest BCUT2D eigenvalue weighted by Gasteiger charge is 2.20. The Kier molecular flexibility index (Phi) is 3.00. The first-order chi connectivity index (χ1) is 7.93. The van der Waals surface area contributed by atoms with Crippen LogP contribution in [0, 0.1) is 0 Å². The van der Waals surface area contributed by atoms with Gasteiger partial charge in [0.25, 0.3) is 0 Å². The lowest BCUT2D eigenvalue weighted by Gasteiger charge is -2.23. The number of fused-ring (bicyclic) bond motifs is 1. The summed E-state index contributed by atoms with van der Waals surface area (Å²) in [6.45, 7) is 0. The second-order valence-corrected chi connectivity index (χ2v) is 5.71. The summed E-state index contributed by atoms with van der Waals surface area (Å²) < 4.78 is 0. The number of rotatable bonds is 2. The van der Waals surface area contributed by atoms with Gasteiger partial charge in [0.2, 0.25) is 0 Å². The van der Waals surface area contributed by atoms with Gasteiger partial charge in [-0.3, -0.25) is 0 Å². The monoisotopic (exact) mass is 235 g/mol. The van der Waals surface area contributed by atoms with Gasteiger partial charge in [-0.1, -0.05) is 0 Å². The molecular weight excluding hydrogens is 218 g/mol. The van der Waals surface area contributed by atoms with Crippen molar-refractivity contribution in [1.82, 2.24) is 9.97 Å². The van der Waals surface area contributed by atoms with Crippen LogP contribution in [0.4, 0.5) is 5.82 Å². The summed E-state index contributed by atoms with van der Waals surface area (Å²) in [6, 6.07) is 0.610. The van der Waals surface area contributed by atoms with Gasteiger partial charge in [0.1, 0.15) is 12.1 Å². The van der Waals surface area contributed by atoms with Crippen LogP contribution >= 0.6 is 11.8 Å². The molecule has 1 aromatic heterocycles. The first kappa shape index (κ1) is 10.4. The van der Waals surface area contributed by atoms with Crippen molar-refractivity contribution in [3.8, 4) is 0 Å². The summed E-state index contributed by atoms with van der Waals surface area (Å²) >= 11 is 2.05. The molecule has 3 rings (SSSR count). The van der Waals surface area contributed by atoms with E-state index in [-0.39, 0.29) is 0 Å². The van der Waals surface area contributed by atoms with Gasteiger partial charge in [-0.2, -0.15) is 11.8 Å². The molecule has 0 saturated carbocycles. The number of nitrogens with zero attached hydrogens (tertiary/aromatic N) is 2. The Morgan fingerprint density at radius 3 is 3.12 bits per heavy atom. The van der Waals surface area contributed by atoms with Crippen molar-refractivity contribution in [2.45, 2.75) is 38.1 Å². The van der Waals surface area contributed by atoms with E-state index < -0.39 is 0 Å². The van der Waals surface area contributed by atoms with Gasteiger partial charge in [-0.15, -0.1) is 0 Å². The van der Waals surface area contributed by atoms with Crippen LogP contribution in [-0.4, -0.2) is 27.5 Å². The van der Waals surface area contributed by atoms with Crippen LogP contribution in [0.3, 0.4) is 0 Å². The average Bonchev–Trinajstić information content (AvgIpc) is 2.80. The quantitative estimate of drug-likeness (QED) is 0.853. The predicted molar refractivity (Wildman–Crippen MR) is 68.0 cm³/mol. The molecule has 1 aliphatic carbocycles. The van der Waals surface area contributed by atoms with Crippen molar-refractivity contribution in [1.29, 1.82) is 0 Å². The maximum Gasteiger partial charge on any atom is 0.133 e. The van der Waals surface area contributed by atoms with Gasteiger partial charge in [0.15, 0.2) is 0 Å². The van der Waals surface area contributed by atoms with Crippen LogP contribution in [-0.2, 0) is 12.8 Å². The third kappa shape index (κ3) is 2.03. The largest absolute Gasteiger partial charge is 0.366 e. The molecule has 1 aliphatic heterocycles. The molecule has 0 amide bonds. The Hall–Kier alpha value is -0.770. The molecule has 0 aromatic carbocycles. The highest BCUT2D eigenvalue weighted by Crippen LogP contribution is 2.27. The van der Waals surface area contributed by atoms with E-state index >= 15 is 0 Å². The highest BCUT2D eigenvalue weighted by molar-refractivity contribution is 7.99. The first-order valence-corrected chi connectivity index (χ1v) is 7.26. The van der Waals surface area contributed by atoms with Crippen LogP contribution in [0.2, 0.25) is 0 Å². The lowest BCUT2D eigenvalue weighted by Crippen LogP contribution is -2.26. The van der Waals surface area contributed by atoms with Crippen LogP contribution in [0.5, 0.6) is 0 Å². The third-order valence-corrected chi connectivity index (χ3v) is 4.59. The second kappa shape index (κ2) is 4.62. The molecule has 16 heavy (non-hydrogen) atoms. The van der Waals surface area contributed by atoms with E-state index in [1.165, 1.54) is 42.0 Å². The summed E-state index contributed by atoms with van der Waals surface area (Å²) in [5.41, 5.74) is 2.64. The predicted octanol–water partition coefficient (Wildman–Crippen LogP) is 2.27. The van der Waals surface area contributed by atoms with Crippen LogP contribution in [0.15, 0.2) is 6.33 Å². The number of nitrogens with one attached hydrogen (secondary N) is 1. The molecule has 1 unspecified atom stereocenters. The molecule has 0 bridgehead atoms. The number of thioether (sulfide) groups is 1. The molecule has 3 nitrogen and oxygen atoms in total. The number of hydrogen-bond acceptors (Lipinski definition) is 4. The SMILES string of the molecule is c1nc2c(c(NC3CCCSC3)n1)CCC2. The van der Waals surface area contributed by atoms with Crippen molar-refractivity contribution >= 4 is 17.6 Å². The molecule has 86 valence electrons. The van der Waals surface area contributed by atoms with Gasteiger partial charge >= 0.3 is 0 Å². The minimum Gasteiger partial charge on any atom is -0.366 e. The van der Waals surface area contributed by atoms with Crippen molar-refractivity contribution in [2.24, 2.45) is 0 Å². The van der Waals surface area contributed by atoms with Gasteiger partial charge in [0, 0.05) is 23.1 Å². The standard InChI is InChI=1S/C12H17N3S/c1-4-10-11(5-1)13-8-14-12(10)15-9-3-2-6-16-7-9/h8-9H,1-7H2,(H,13,14,15). The summed E-state index contributed by atoms with van der Waals surface area (Å²) in [6.07, 6.45) is 7.84. The van der Waals surface area contributed by atoms with E-state index in [0.717, 1.165) is 18.7 Å². The van der Waals surface area contributed by atoms with Crippen molar-refractivity contribution < 1.29 is 0 Å². The number of anilines is 1. The molecule has 0 radical (unpaired) electrons. The van der Waals surface area contributed by atoms with E-state index in [2.05, 4.69) is 15.3 Å². The zero-order chi connectivity index (χ0) is 10.8. The maximum atomic E-state index is 4.41. The Bertz CT molecular complexity index is 375. The minimum absolute atomic E-state index is 0.610. The van der Waals surface area contributed by atoms with E-state index in [9.17, 15) is 0 Å². The number of hydrogen-bond donors (Lipinski definition) is 1. The fourth-order valence-corrected chi connectivity index (χ4v) is 3.60. The number of aryl methyl sites for hydroxylation is 1. The summed E-state index contributed by atoms with van der Waals surface area (Å²) in [5, 5.41) is 3.61. The smallest absolute Gasteiger partial charge is 0.133 e. The van der Waals surface area contributed by atoms with Gasteiger partial charge < -0.3 is 5.32 Å². The van der Waals surface area contributed by atoms with E-state index in [0.29, 0.717) is 6.04 Å². The zero-order valence-electron chi connectivity index (χ0n) is 9.41. The maximum absolute atomic E-state index is 4.41. The Labute approximate surface area is 100 Å². The molecule has 2 heterocycles. The molecule has 1 N–H and O–H groups in total. The Balaban J connectivity index is 1.76. The van der Waals surface area contributed by atoms with Crippen molar-refractivity contribution in [3.63, 3.8) is 0 Å². The van der Waals surface area contributed by atoms with Crippen LogP contribution in [0.1, 0.15) is 30.5 Å². The molecule has 1 fully saturated rings. The summed E-state index contributed by atoms with van der Waals surface area (Å²) in [5.74, 6) is 3.65. The number of aromatic nitrogens is 2. The third-order valence-electron chi connectivity index (χ3n) is 3.38. The Morgan fingerprint density at radius 2 is 2.25 bits per heavy atom. The fourth-order valence-electron chi connectivity index (χ4n) is 2.53. The van der Waals surface area contributed by atoms with Crippen LogP contribution < -0.4 is 5.32 Å². The lowest BCUT2D eigenvalue weighted by atomic mass is 10.1. The second-order valence-electron chi connectivity index (χ2n) is 4.56. The Morgan fingerprint density at radius 1 is 1.25 bits per heavy atom. The summed E-state index contributed by atoms with van der Waals surface area (Å²) in [4.78, 5) is 8.77. The van der Waals surface area contributed by atoms with E-state index in [4.69, 9.17) is 0 Å². The normalized spacial score (nSPS) is 24.1. The zero-order valence-corrected chi connectivity index (χ0v) is 10.2. The highest BCUT2D eigenvalue weighted by atomic mass is 32.2. The van der Waals surface area contributed by atoms with E-state index in [1.54, 1.807) is 6.33 Å². The average molecular weight is 235 g/mol. The van der Waals surface area contributed by atoms with Gasteiger partial charge in [0.05, 0.1) is 0 Å². The molecule has 1 atom stereocenters. The molecule has 1 saturated heterocycles. The topological polar surface area (TPSA) is 37.8 Å². The fraction of sp³-hybridized carbons (Fsp3) is 0.667. The van der Waals surface area contributed by atoms with Crippen molar-refractivity contribution in [3.05, 3.63) is 17.6 Å². The molecular formula is C12H17N3S. The minimum atomic E-state index is 0.610. The lowest BCUT2D eigenvalue weighted by molar-refractivity contribution is 0.680. The molecule has 0 spiro atoms. The molecule has 2 aliphatic rings. The van der Waals surface area contributed by atoms with E-state index in [1.807, 2.05) is 11.8 Å². The van der Waals surface area contributed by atoms with Crippen LogP contribution in [0.25, 0.3) is 0 Å². The van der Waals surface area contributed by atoms with Crippen molar-refractivity contribution in [2.75, 3.05) is 16.8 Å².